The van der Waals surface area contributed by atoms with Crippen molar-refractivity contribution < 1.29 is 24.1 Å². The van der Waals surface area contributed by atoms with Crippen LogP contribution < -0.4 is 0 Å². The van der Waals surface area contributed by atoms with Crippen molar-refractivity contribution in [3.63, 3.8) is 0 Å². The fraction of sp³-hybridized carbons (Fsp3) is 0.923. The van der Waals surface area contributed by atoms with E-state index in [0.717, 1.165) is 12.8 Å². The molecule has 0 aromatic carbocycles. The summed E-state index contributed by atoms with van der Waals surface area (Å²) in [4.78, 5) is 11.2. The molecule has 0 aliphatic rings. The summed E-state index contributed by atoms with van der Waals surface area (Å²) in [6.45, 7) is 4.08. The predicted molar refractivity (Wildman–Crippen MR) is 68.4 cm³/mol. The van der Waals surface area contributed by atoms with Gasteiger partial charge in [-0.2, -0.15) is 0 Å². The van der Waals surface area contributed by atoms with Crippen molar-refractivity contribution in [1.82, 2.24) is 0 Å². The maximum Gasteiger partial charge on any atom is 0.305 e. The number of hydrogen-bond acceptors (Lipinski definition) is 5. The van der Waals surface area contributed by atoms with Gasteiger partial charge in [0.1, 0.15) is 6.61 Å². The Balaban J connectivity index is 3.10. The minimum atomic E-state index is -0.147. The van der Waals surface area contributed by atoms with E-state index in [2.05, 4.69) is 6.92 Å². The Morgan fingerprint density at radius 1 is 0.944 bits per heavy atom. The molecule has 0 aromatic heterocycles. The van der Waals surface area contributed by atoms with E-state index in [1.54, 1.807) is 0 Å². The van der Waals surface area contributed by atoms with E-state index >= 15 is 0 Å². The van der Waals surface area contributed by atoms with Crippen molar-refractivity contribution in [2.24, 2.45) is 0 Å². The molecule has 0 amide bonds. The van der Waals surface area contributed by atoms with Crippen LogP contribution in [0.4, 0.5) is 0 Å². The summed E-state index contributed by atoms with van der Waals surface area (Å²) in [6, 6.07) is 0. The predicted octanol–water partition coefficient (Wildman–Crippen LogP) is 1.53. The molecule has 18 heavy (non-hydrogen) atoms. The van der Waals surface area contributed by atoms with E-state index in [-0.39, 0.29) is 12.6 Å². The highest BCUT2D eigenvalue weighted by molar-refractivity contribution is 5.69. The van der Waals surface area contributed by atoms with Crippen LogP contribution in [0.15, 0.2) is 0 Å². The van der Waals surface area contributed by atoms with Gasteiger partial charge in [-0.05, 0) is 6.42 Å². The van der Waals surface area contributed by atoms with Gasteiger partial charge in [0.2, 0.25) is 0 Å². The van der Waals surface area contributed by atoms with Gasteiger partial charge in [-0.1, -0.05) is 26.2 Å². The molecule has 0 rings (SSSR count). The minimum Gasteiger partial charge on any atom is -0.463 e. The molecule has 108 valence electrons. The largest absolute Gasteiger partial charge is 0.463 e. The van der Waals surface area contributed by atoms with Gasteiger partial charge in [-0.3, -0.25) is 4.79 Å². The van der Waals surface area contributed by atoms with Crippen LogP contribution in [-0.4, -0.2) is 50.7 Å². The molecular formula is C13H26O5. The molecule has 5 nitrogen and oxygen atoms in total. The summed E-state index contributed by atoms with van der Waals surface area (Å²) in [7, 11) is 0. The van der Waals surface area contributed by atoms with Gasteiger partial charge < -0.3 is 19.3 Å². The van der Waals surface area contributed by atoms with Crippen molar-refractivity contribution in [2.45, 2.75) is 39.0 Å². The maximum atomic E-state index is 11.2. The number of esters is 1. The molecular weight excluding hydrogens is 236 g/mol. The Kier molecular flexibility index (Phi) is 13.9. The van der Waals surface area contributed by atoms with Crippen molar-refractivity contribution in [3.8, 4) is 0 Å². The Labute approximate surface area is 109 Å². The monoisotopic (exact) mass is 262 g/mol. The molecule has 0 aromatic rings. The van der Waals surface area contributed by atoms with Gasteiger partial charge >= 0.3 is 5.97 Å². The number of aliphatic hydroxyl groups is 1. The van der Waals surface area contributed by atoms with Crippen molar-refractivity contribution in [2.75, 3.05) is 39.6 Å². The molecule has 0 unspecified atom stereocenters. The maximum absolute atomic E-state index is 11.2. The number of aliphatic hydroxyl groups excluding tert-OH is 1. The Morgan fingerprint density at radius 3 is 2.28 bits per heavy atom. The van der Waals surface area contributed by atoms with Gasteiger partial charge in [-0.25, -0.2) is 0 Å². The highest BCUT2D eigenvalue weighted by Gasteiger charge is 2.01. The SMILES string of the molecule is CCCCCCC(=O)OCCOCCOCCO. The van der Waals surface area contributed by atoms with E-state index in [4.69, 9.17) is 19.3 Å². The smallest absolute Gasteiger partial charge is 0.305 e. The quantitative estimate of drug-likeness (QED) is 0.403. The number of carbonyl (C=O) groups is 1. The molecule has 0 aliphatic heterocycles. The van der Waals surface area contributed by atoms with Crippen LogP contribution in [0.1, 0.15) is 39.0 Å². The van der Waals surface area contributed by atoms with Crippen LogP contribution in [0.5, 0.6) is 0 Å². The highest BCUT2D eigenvalue weighted by Crippen LogP contribution is 2.03. The Bertz CT molecular complexity index is 184. The molecule has 5 heteroatoms. The average Bonchev–Trinajstić information content (AvgIpc) is 2.38. The van der Waals surface area contributed by atoms with Crippen molar-refractivity contribution in [1.29, 1.82) is 0 Å². The Hall–Kier alpha value is -0.650. The van der Waals surface area contributed by atoms with Gasteiger partial charge in [0, 0.05) is 6.42 Å². The number of hydrogen-bond donors (Lipinski definition) is 1. The summed E-state index contributed by atoms with van der Waals surface area (Å²) in [5.41, 5.74) is 0. The number of carbonyl (C=O) groups excluding carboxylic acids is 1. The molecule has 0 radical (unpaired) electrons. The van der Waals surface area contributed by atoms with E-state index in [1.807, 2.05) is 0 Å². The van der Waals surface area contributed by atoms with Crippen LogP contribution in [-0.2, 0) is 19.0 Å². The zero-order valence-corrected chi connectivity index (χ0v) is 11.4. The third-order valence-corrected chi connectivity index (χ3v) is 2.33. The number of unbranched alkanes of at least 4 members (excludes halogenated alkanes) is 3. The van der Waals surface area contributed by atoms with E-state index in [9.17, 15) is 4.79 Å². The van der Waals surface area contributed by atoms with E-state index in [1.165, 1.54) is 12.8 Å². The number of ether oxygens (including phenoxy) is 3. The molecule has 0 heterocycles. The summed E-state index contributed by atoms with van der Waals surface area (Å²) >= 11 is 0. The van der Waals surface area contributed by atoms with Gasteiger partial charge in [-0.15, -0.1) is 0 Å². The first kappa shape index (κ1) is 17.4. The minimum absolute atomic E-state index is 0.0235. The van der Waals surface area contributed by atoms with Crippen molar-refractivity contribution >= 4 is 5.97 Å². The first-order valence-corrected chi connectivity index (χ1v) is 6.73. The molecule has 0 aliphatic carbocycles. The van der Waals surface area contributed by atoms with Crippen LogP contribution in [0.2, 0.25) is 0 Å². The third kappa shape index (κ3) is 13.4. The van der Waals surface area contributed by atoms with E-state index < -0.39 is 0 Å². The fourth-order valence-corrected chi connectivity index (χ4v) is 1.37. The normalized spacial score (nSPS) is 10.6. The molecule has 0 atom stereocenters. The molecule has 0 bridgehead atoms. The topological polar surface area (TPSA) is 65.0 Å². The first-order valence-electron chi connectivity index (χ1n) is 6.73. The van der Waals surface area contributed by atoms with Crippen LogP contribution in [0.3, 0.4) is 0 Å². The summed E-state index contributed by atoms with van der Waals surface area (Å²) in [6.07, 6.45) is 4.83. The lowest BCUT2D eigenvalue weighted by molar-refractivity contribution is -0.145. The summed E-state index contributed by atoms with van der Waals surface area (Å²) in [5.74, 6) is -0.147. The lowest BCUT2D eigenvalue weighted by Gasteiger charge is -2.06. The number of rotatable bonds is 13. The van der Waals surface area contributed by atoms with Gasteiger partial charge in [0.25, 0.3) is 0 Å². The standard InChI is InChI=1S/C13H26O5/c1-2-3-4-5-6-13(15)18-12-11-17-10-9-16-8-7-14/h14H,2-12H2,1H3. The molecule has 0 saturated carbocycles. The molecule has 1 N–H and O–H groups in total. The van der Waals surface area contributed by atoms with Gasteiger partial charge in [0.15, 0.2) is 0 Å². The summed E-state index contributed by atoms with van der Waals surface area (Å²) < 4.78 is 15.2. The highest BCUT2D eigenvalue weighted by atomic mass is 16.6. The molecule has 0 fully saturated rings. The zero-order valence-electron chi connectivity index (χ0n) is 11.4. The second-order valence-corrected chi connectivity index (χ2v) is 3.98. The molecule has 0 saturated heterocycles. The van der Waals surface area contributed by atoms with Crippen LogP contribution in [0, 0.1) is 0 Å². The lowest BCUT2D eigenvalue weighted by atomic mass is 10.2. The second-order valence-electron chi connectivity index (χ2n) is 3.98. The van der Waals surface area contributed by atoms with Crippen LogP contribution in [0.25, 0.3) is 0 Å². The van der Waals surface area contributed by atoms with Gasteiger partial charge in [0.05, 0.1) is 33.0 Å². The van der Waals surface area contributed by atoms with Crippen molar-refractivity contribution in [3.05, 3.63) is 0 Å². The Morgan fingerprint density at radius 2 is 1.61 bits per heavy atom. The second kappa shape index (κ2) is 14.4. The third-order valence-electron chi connectivity index (χ3n) is 2.33. The molecule has 0 spiro atoms. The van der Waals surface area contributed by atoms with E-state index in [0.29, 0.717) is 39.5 Å². The summed E-state index contributed by atoms with van der Waals surface area (Å²) in [5, 5.41) is 8.45. The van der Waals surface area contributed by atoms with Crippen LogP contribution >= 0.6 is 0 Å². The lowest BCUT2D eigenvalue weighted by Crippen LogP contribution is -2.13. The fourth-order valence-electron chi connectivity index (χ4n) is 1.37. The first-order chi connectivity index (χ1) is 8.81. The average molecular weight is 262 g/mol. The zero-order chi connectivity index (χ0) is 13.5.